The molecule has 0 aliphatic heterocycles. The smallest absolute Gasteiger partial charge is 0.141 e. The van der Waals surface area contributed by atoms with E-state index in [0.717, 1.165) is 19.1 Å². The number of hydrogen-bond acceptors (Lipinski definition) is 1. The fourth-order valence-corrected chi connectivity index (χ4v) is 2.29. The lowest BCUT2D eigenvalue weighted by Crippen LogP contribution is -2.04. The standard InChI is InChI=1S/C8H9ClO/c9-8(5-10)6-3-1-2-4-7(6)8/h1-2,5-7H,3-4H2. The summed E-state index contributed by atoms with van der Waals surface area (Å²) in [7, 11) is 0. The monoisotopic (exact) mass is 156 g/mol. The fourth-order valence-electron chi connectivity index (χ4n) is 1.87. The number of aldehydes is 1. The van der Waals surface area contributed by atoms with E-state index < -0.39 is 4.87 Å². The highest BCUT2D eigenvalue weighted by Gasteiger charge is 2.63. The Morgan fingerprint density at radius 3 is 2.30 bits per heavy atom. The average Bonchev–Trinajstić information content (AvgIpc) is 2.60. The van der Waals surface area contributed by atoms with Gasteiger partial charge < -0.3 is 4.79 Å². The van der Waals surface area contributed by atoms with Crippen LogP contribution in [-0.2, 0) is 4.79 Å². The van der Waals surface area contributed by atoms with Crippen molar-refractivity contribution in [3.8, 4) is 0 Å². The third-order valence-corrected chi connectivity index (χ3v) is 3.29. The van der Waals surface area contributed by atoms with Crippen LogP contribution >= 0.6 is 11.6 Å². The highest BCUT2D eigenvalue weighted by molar-refractivity contribution is 6.34. The van der Waals surface area contributed by atoms with Gasteiger partial charge in [-0.25, -0.2) is 0 Å². The Bertz CT molecular complexity index is 183. The maximum atomic E-state index is 10.5. The summed E-state index contributed by atoms with van der Waals surface area (Å²) in [4.78, 5) is 10.0. The predicted octanol–water partition coefficient (Wildman–Crippen LogP) is 1.76. The number of hydrogen-bond donors (Lipinski definition) is 0. The normalized spacial score (nSPS) is 50.1. The predicted molar refractivity (Wildman–Crippen MR) is 40.0 cm³/mol. The highest BCUT2D eigenvalue weighted by atomic mass is 35.5. The van der Waals surface area contributed by atoms with Crippen molar-refractivity contribution in [1.82, 2.24) is 0 Å². The molecule has 2 unspecified atom stereocenters. The third kappa shape index (κ3) is 0.615. The van der Waals surface area contributed by atoms with Gasteiger partial charge in [-0.05, 0) is 24.7 Å². The SMILES string of the molecule is O=CC1(Cl)C2CC=CCC21. The van der Waals surface area contributed by atoms with E-state index in [1.54, 1.807) is 0 Å². The Kier molecular flexibility index (Phi) is 1.19. The number of fused-ring (bicyclic) bond motifs is 1. The Morgan fingerprint density at radius 1 is 1.40 bits per heavy atom. The highest BCUT2D eigenvalue weighted by Crippen LogP contribution is 2.59. The minimum atomic E-state index is -0.483. The second-order valence-corrected chi connectivity index (χ2v) is 3.76. The van der Waals surface area contributed by atoms with Gasteiger partial charge in [-0.1, -0.05) is 12.2 Å². The van der Waals surface area contributed by atoms with Crippen LogP contribution < -0.4 is 0 Å². The van der Waals surface area contributed by atoms with Crippen molar-refractivity contribution < 1.29 is 4.79 Å². The van der Waals surface area contributed by atoms with Crippen LogP contribution in [0.1, 0.15) is 12.8 Å². The van der Waals surface area contributed by atoms with Gasteiger partial charge in [0.05, 0.1) is 0 Å². The van der Waals surface area contributed by atoms with Gasteiger partial charge in [-0.2, -0.15) is 0 Å². The molecule has 54 valence electrons. The van der Waals surface area contributed by atoms with Crippen molar-refractivity contribution in [1.29, 1.82) is 0 Å². The number of alkyl halides is 1. The summed E-state index contributed by atoms with van der Waals surface area (Å²) in [5.41, 5.74) is 0. The van der Waals surface area contributed by atoms with Crippen LogP contribution in [0, 0.1) is 11.8 Å². The maximum absolute atomic E-state index is 10.5. The Morgan fingerprint density at radius 2 is 1.90 bits per heavy atom. The first-order valence-corrected chi connectivity index (χ1v) is 3.97. The topological polar surface area (TPSA) is 17.1 Å². The molecule has 1 saturated carbocycles. The van der Waals surface area contributed by atoms with E-state index in [2.05, 4.69) is 12.2 Å². The second kappa shape index (κ2) is 1.85. The molecule has 1 nitrogen and oxygen atoms in total. The summed E-state index contributed by atoms with van der Waals surface area (Å²) in [6.07, 6.45) is 7.14. The molecular weight excluding hydrogens is 148 g/mol. The summed E-state index contributed by atoms with van der Waals surface area (Å²) < 4.78 is 0. The number of carbonyl (C=O) groups excluding carboxylic acids is 1. The first kappa shape index (κ1) is 6.41. The molecule has 2 atom stereocenters. The molecule has 0 bridgehead atoms. The molecule has 10 heavy (non-hydrogen) atoms. The van der Waals surface area contributed by atoms with Crippen LogP contribution in [0.4, 0.5) is 0 Å². The fraction of sp³-hybridized carbons (Fsp3) is 0.625. The number of allylic oxidation sites excluding steroid dienone is 2. The Labute approximate surface area is 65.1 Å². The molecular formula is C8H9ClO. The van der Waals surface area contributed by atoms with E-state index in [9.17, 15) is 4.79 Å². The number of halogens is 1. The molecule has 0 radical (unpaired) electrons. The summed E-state index contributed by atoms with van der Waals surface area (Å²) in [5.74, 6) is 0.883. The van der Waals surface area contributed by atoms with Crippen molar-refractivity contribution in [2.45, 2.75) is 17.7 Å². The molecule has 0 heterocycles. The van der Waals surface area contributed by atoms with Crippen LogP contribution in [0.25, 0.3) is 0 Å². The molecule has 0 saturated heterocycles. The van der Waals surface area contributed by atoms with Gasteiger partial charge in [-0.15, -0.1) is 11.6 Å². The van der Waals surface area contributed by atoms with Gasteiger partial charge in [0, 0.05) is 0 Å². The number of carbonyl (C=O) groups is 1. The largest absolute Gasteiger partial charge is 0.301 e. The van der Waals surface area contributed by atoms with Crippen molar-refractivity contribution >= 4 is 17.9 Å². The lowest BCUT2D eigenvalue weighted by Gasteiger charge is -1.95. The maximum Gasteiger partial charge on any atom is 0.141 e. The molecule has 2 aliphatic rings. The molecule has 2 rings (SSSR count). The van der Waals surface area contributed by atoms with E-state index in [-0.39, 0.29) is 0 Å². The average molecular weight is 157 g/mol. The molecule has 0 aromatic heterocycles. The van der Waals surface area contributed by atoms with Crippen LogP contribution in [0.5, 0.6) is 0 Å². The first-order chi connectivity index (χ1) is 4.79. The van der Waals surface area contributed by atoms with Crippen LogP contribution in [-0.4, -0.2) is 11.2 Å². The molecule has 1 fully saturated rings. The molecule has 2 heteroatoms. The van der Waals surface area contributed by atoms with Gasteiger partial charge in [0.25, 0.3) is 0 Å². The van der Waals surface area contributed by atoms with Gasteiger partial charge in [0.2, 0.25) is 0 Å². The second-order valence-electron chi connectivity index (χ2n) is 3.10. The minimum absolute atomic E-state index is 0.441. The van der Waals surface area contributed by atoms with Gasteiger partial charge in [0.1, 0.15) is 11.2 Å². The van der Waals surface area contributed by atoms with Crippen molar-refractivity contribution in [3.63, 3.8) is 0 Å². The minimum Gasteiger partial charge on any atom is -0.301 e. The number of rotatable bonds is 1. The lowest BCUT2D eigenvalue weighted by atomic mass is 10.1. The lowest BCUT2D eigenvalue weighted by molar-refractivity contribution is -0.108. The molecule has 0 aromatic carbocycles. The molecule has 0 amide bonds. The molecule has 0 aromatic rings. The van der Waals surface area contributed by atoms with Crippen LogP contribution in [0.2, 0.25) is 0 Å². The zero-order chi connectivity index (χ0) is 7.19. The van der Waals surface area contributed by atoms with Crippen LogP contribution in [0.15, 0.2) is 12.2 Å². The van der Waals surface area contributed by atoms with E-state index in [4.69, 9.17) is 11.6 Å². The molecule has 2 aliphatic carbocycles. The van der Waals surface area contributed by atoms with Crippen molar-refractivity contribution in [2.24, 2.45) is 11.8 Å². The zero-order valence-electron chi connectivity index (χ0n) is 5.59. The summed E-state index contributed by atoms with van der Waals surface area (Å²) in [6.45, 7) is 0. The Balaban J connectivity index is 2.17. The van der Waals surface area contributed by atoms with Gasteiger partial charge in [-0.3, -0.25) is 0 Å². The third-order valence-electron chi connectivity index (χ3n) is 2.64. The summed E-state index contributed by atoms with van der Waals surface area (Å²) in [6, 6.07) is 0. The molecule has 0 spiro atoms. The van der Waals surface area contributed by atoms with E-state index in [1.807, 2.05) is 0 Å². The van der Waals surface area contributed by atoms with E-state index >= 15 is 0 Å². The van der Waals surface area contributed by atoms with Crippen molar-refractivity contribution in [2.75, 3.05) is 0 Å². The van der Waals surface area contributed by atoms with E-state index in [0.29, 0.717) is 11.8 Å². The Hall–Kier alpha value is -0.300. The quantitative estimate of drug-likeness (QED) is 0.321. The van der Waals surface area contributed by atoms with Crippen molar-refractivity contribution in [3.05, 3.63) is 12.2 Å². The summed E-state index contributed by atoms with van der Waals surface area (Å²) in [5, 5.41) is 0. The van der Waals surface area contributed by atoms with Crippen LogP contribution in [0.3, 0.4) is 0 Å². The van der Waals surface area contributed by atoms with E-state index in [1.165, 1.54) is 0 Å². The van der Waals surface area contributed by atoms with Gasteiger partial charge >= 0.3 is 0 Å². The summed E-state index contributed by atoms with van der Waals surface area (Å²) >= 11 is 5.99. The molecule has 0 N–H and O–H groups in total. The van der Waals surface area contributed by atoms with Gasteiger partial charge in [0.15, 0.2) is 0 Å². The first-order valence-electron chi connectivity index (χ1n) is 3.59. The zero-order valence-corrected chi connectivity index (χ0v) is 6.34.